The topological polar surface area (TPSA) is 55.1 Å². The van der Waals surface area contributed by atoms with Gasteiger partial charge < -0.3 is 9.73 Å². The molecule has 0 aliphatic rings. The van der Waals surface area contributed by atoms with Gasteiger partial charge in [0, 0.05) is 21.8 Å². The van der Waals surface area contributed by atoms with Crippen LogP contribution in [-0.4, -0.2) is 10.9 Å². The fourth-order valence-corrected chi connectivity index (χ4v) is 3.82. The lowest BCUT2D eigenvalue weighted by Crippen LogP contribution is -2.12. The summed E-state index contributed by atoms with van der Waals surface area (Å²) in [7, 11) is 0. The lowest BCUT2D eigenvalue weighted by molar-refractivity contribution is 0.102. The molecular weight excluding hydrogens is 420 g/mol. The molecule has 0 fully saturated rings. The van der Waals surface area contributed by atoms with Crippen molar-refractivity contribution in [3.05, 3.63) is 107 Å². The number of nitrogens with one attached hydrogen (secondary N) is 1. The summed E-state index contributed by atoms with van der Waals surface area (Å²) in [6, 6.07) is 28.7. The number of hydrogen-bond acceptors (Lipinski definition) is 3. The number of anilines is 1. The normalized spacial score (nSPS) is 10.9. The van der Waals surface area contributed by atoms with Gasteiger partial charge in [0.1, 0.15) is 5.52 Å². The minimum atomic E-state index is -0.172. The Kier molecular flexibility index (Phi) is 5.21. The van der Waals surface area contributed by atoms with Crippen LogP contribution >= 0.6 is 11.6 Å². The van der Waals surface area contributed by atoms with Crippen LogP contribution in [0.1, 0.15) is 15.9 Å². The maximum Gasteiger partial charge on any atom is 0.255 e. The predicted molar refractivity (Wildman–Crippen MR) is 129 cm³/mol. The summed E-state index contributed by atoms with van der Waals surface area (Å²) >= 11 is 6.06. The second-order valence-corrected chi connectivity index (χ2v) is 7.94. The van der Waals surface area contributed by atoms with Gasteiger partial charge in [-0.1, -0.05) is 60.1 Å². The molecule has 4 aromatic carbocycles. The molecule has 5 aromatic rings. The van der Waals surface area contributed by atoms with Gasteiger partial charge >= 0.3 is 0 Å². The van der Waals surface area contributed by atoms with E-state index in [1.165, 1.54) is 0 Å². The van der Waals surface area contributed by atoms with Crippen LogP contribution < -0.4 is 5.32 Å². The fourth-order valence-electron chi connectivity index (χ4n) is 3.66. The first-order chi connectivity index (χ1) is 15.6. The lowest BCUT2D eigenvalue weighted by Gasteiger charge is -2.11. The first-order valence-corrected chi connectivity index (χ1v) is 10.6. The van der Waals surface area contributed by atoms with Crippen molar-refractivity contribution in [3.8, 4) is 22.6 Å². The molecule has 1 aromatic heterocycles. The van der Waals surface area contributed by atoms with Gasteiger partial charge in [-0.05, 0) is 66.1 Å². The number of hydrogen-bond donors (Lipinski definition) is 1. The Hall–Kier alpha value is -3.89. The highest BCUT2D eigenvalue weighted by atomic mass is 35.5. The van der Waals surface area contributed by atoms with Gasteiger partial charge in [-0.2, -0.15) is 0 Å². The summed E-state index contributed by atoms with van der Waals surface area (Å²) in [4.78, 5) is 17.4. The van der Waals surface area contributed by atoms with Crippen LogP contribution in [0.3, 0.4) is 0 Å². The van der Waals surface area contributed by atoms with Crippen LogP contribution in [0.5, 0.6) is 0 Å². The second-order valence-electron chi connectivity index (χ2n) is 7.51. The predicted octanol–water partition coefficient (Wildman–Crippen LogP) is 7.38. The van der Waals surface area contributed by atoms with Gasteiger partial charge in [0.15, 0.2) is 5.58 Å². The molecule has 0 radical (unpaired) electrons. The smallest absolute Gasteiger partial charge is 0.255 e. The van der Waals surface area contributed by atoms with Crippen LogP contribution in [0.4, 0.5) is 5.69 Å². The van der Waals surface area contributed by atoms with Crippen LogP contribution in [-0.2, 0) is 0 Å². The van der Waals surface area contributed by atoms with E-state index in [4.69, 9.17) is 16.0 Å². The molecule has 5 heteroatoms. The van der Waals surface area contributed by atoms with Crippen molar-refractivity contribution in [2.24, 2.45) is 0 Å². The van der Waals surface area contributed by atoms with Crippen molar-refractivity contribution < 1.29 is 9.21 Å². The Morgan fingerprint density at radius 1 is 0.875 bits per heavy atom. The molecule has 1 N–H and O–H groups in total. The molecule has 0 bridgehead atoms. The fraction of sp³-hybridized carbons (Fsp3) is 0.0370. The highest BCUT2D eigenvalue weighted by Crippen LogP contribution is 2.31. The first kappa shape index (κ1) is 20.0. The number of aromatic nitrogens is 1. The van der Waals surface area contributed by atoms with Crippen molar-refractivity contribution in [3.63, 3.8) is 0 Å². The largest absolute Gasteiger partial charge is 0.436 e. The zero-order valence-corrected chi connectivity index (χ0v) is 18.1. The van der Waals surface area contributed by atoms with Gasteiger partial charge in [0.25, 0.3) is 5.91 Å². The Morgan fingerprint density at radius 3 is 2.41 bits per heavy atom. The van der Waals surface area contributed by atoms with Crippen LogP contribution in [0.25, 0.3) is 33.7 Å². The van der Waals surface area contributed by atoms with Crippen LogP contribution in [0.2, 0.25) is 5.02 Å². The van der Waals surface area contributed by atoms with Crippen molar-refractivity contribution in [2.45, 2.75) is 6.92 Å². The molecule has 0 unspecified atom stereocenters. The van der Waals surface area contributed by atoms with E-state index < -0.39 is 0 Å². The van der Waals surface area contributed by atoms with E-state index in [1.807, 2.05) is 79.7 Å². The highest BCUT2D eigenvalue weighted by molar-refractivity contribution is 6.31. The molecule has 32 heavy (non-hydrogen) atoms. The number of benzene rings is 4. The van der Waals surface area contributed by atoms with Crippen LogP contribution in [0.15, 0.2) is 95.4 Å². The van der Waals surface area contributed by atoms with E-state index in [0.717, 1.165) is 22.3 Å². The van der Waals surface area contributed by atoms with Gasteiger partial charge in [0.05, 0.1) is 0 Å². The third-order valence-electron chi connectivity index (χ3n) is 5.42. The maximum absolute atomic E-state index is 12.9. The molecule has 156 valence electrons. The molecule has 0 aliphatic carbocycles. The van der Waals surface area contributed by atoms with E-state index >= 15 is 0 Å². The molecule has 0 saturated heterocycles. The Bertz CT molecular complexity index is 1420. The number of oxazole rings is 1. The molecule has 0 spiro atoms. The lowest BCUT2D eigenvalue weighted by atomic mass is 10.0. The Morgan fingerprint density at radius 2 is 1.62 bits per heavy atom. The SMILES string of the molecule is Cc1c(NC(=O)c2ccc(-c3ccccc3)cc2)cccc1-c1nc2cc(Cl)ccc2o1. The van der Waals surface area contributed by atoms with Crippen molar-refractivity contribution in [2.75, 3.05) is 5.32 Å². The minimum Gasteiger partial charge on any atom is -0.436 e. The van der Waals surface area contributed by atoms with Gasteiger partial charge in [-0.25, -0.2) is 4.98 Å². The van der Waals surface area contributed by atoms with E-state index in [2.05, 4.69) is 10.3 Å². The van der Waals surface area contributed by atoms with E-state index in [-0.39, 0.29) is 5.91 Å². The van der Waals surface area contributed by atoms with Crippen molar-refractivity contribution in [1.29, 1.82) is 0 Å². The molecule has 0 atom stereocenters. The quantitative estimate of drug-likeness (QED) is 0.318. The number of amides is 1. The second kappa shape index (κ2) is 8.33. The minimum absolute atomic E-state index is 0.172. The summed E-state index contributed by atoms with van der Waals surface area (Å²) in [5.41, 5.74) is 6.52. The molecule has 5 rings (SSSR count). The van der Waals surface area contributed by atoms with E-state index in [1.54, 1.807) is 18.2 Å². The third-order valence-corrected chi connectivity index (χ3v) is 5.65. The Labute approximate surface area is 190 Å². The summed E-state index contributed by atoms with van der Waals surface area (Å²) < 4.78 is 5.91. The Balaban J connectivity index is 1.40. The molecule has 1 heterocycles. The first-order valence-electron chi connectivity index (χ1n) is 10.2. The molecule has 0 aliphatic heterocycles. The number of carbonyl (C=O) groups excluding carboxylic acids is 1. The monoisotopic (exact) mass is 438 g/mol. The van der Waals surface area contributed by atoms with Gasteiger partial charge in [-0.3, -0.25) is 4.79 Å². The summed E-state index contributed by atoms with van der Waals surface area (Å²) in [5, 5.41) is 3.61. The summed E-state index contributed by atoms with van der Waals surface area (Å²) in [5.74, 6) is 0.317. The summed E-state index contributed by atoms with van der Waals surface area (Å²) in [6.45, 7) is 1.94. The molecule has 0 saturated carbocycles. The molecular formula is C27H19ClN2O2. The number of nitrogens with zero attached hydrogens (tertiary/aromatic N) is 1. The summed E-state index contributed by atoms with van der Waals surface area (Å²) in [6.07, 6.45) is 0. The van der Waals surface area contributed by atoms with E-state index in [9.17, 15) is 4.79 Å². The maximum atomic E-state index is 12.9. The highest BCUT2D eigenvalue weighted by Gasteiger charge is 2.15. The number of fused-ring (bicyclic) bond motifs is 1. The molecule has 4 nitrogen and oxygen atoms in total. The standard InChI is InChI=1S/C27H19ClN2O2/c1-17-22(27-30-24-16-21(28)14-15-25(24)32-27)8-5-9-23(17)29-26(31)20-12-10-19(11-13-20)18-6-3-2-4-7-18/h2-16H,1H3,(H,29,31). The molecule has 1 amide bonds. The van der Waals surface area contributed by atoms with Crippen LogP contribution in [0, 0.1) is 6.92 Å². The number of rotatable bonds is 4. The third kappa shape index (κ3) is 3.88. The number of halogens is 1. The van der Waals surface area contributed by atoms with Crippen molar-refractivity contribution in [1.82, 2.24) is 4.98 Å². The zero-order chi connectivity index (χ0) is 22.1. The average Bonchev–Trinajstić information content (AvgIpc) is 3.24. The van der Waals surface area contributed by atoms with Crippen molar-refractivity contribution >= 4 is 34.3 Å². The van der Waals surface area contributed by atoms with Gasteiger partial charge in [0.2, 0.25) is 5.89 Å². The zero-order valence-electron chi connectivity index (χ0n) is 17.3. The van der Waals surface area contributed by atoms with E-state index in [0.29, 0.717) is 33.3 Å². The number of carbonyl (C=O) groups is 1. The average molecular weight is 439 g/mol. The van der Waals surface area contributed by atoms with Gasteiger partial charge in [-0.15, -0.1) is 0 Å².